The molecule has 0 spiro atoms. The van der Waals surface area contributed by atoms with E-state index in [0.717, 1.165) is 22.2 Å². The van der Waals surface area contributed by atoms with E-state index in [2.05, 4.69) is 21.2 Å². The maximum atomic E-state index is 13.4. The smallest absolute Gasteiger partial charge is 0.243 e. The van der Waals surface area contributed by atoms with Gasteiger partial charge in [-0.3, -0.25) is 4.79 Å². The number of anilines is 1. The molecule has 28 heavy (non-hydrogen) atoms. The van der Waals surface area contributed by atoms with Crippen molar-refractivity contribution in [1.82, 2.24) is 4.31 Å². The van der Waals surface area contributed by atoms with Crippen molar-refractivity contribution < 1.29 is 22.0 Å². The number of carbonyl (C=O) groups excluding carboxylic acids is 1. The fourth-order valence-corrected chi connectivity index (χ4v) is 5.10. The van der Waals surface area contributed by atoms with E-state index in [4.69, 9.17) is 0 Å². The van der Waals surface area contributed by atoms with Gasteiger partial charge in [0.15, 0.2) is 11.6 Å². The topological polar surface area (TPSA) is 66.5 Å². The summed E-state index contributed by atoms with van der Waals surface area (Å²) in [5, 5.41) is 2.89. The largest absolute Gasteiger partial charge is 0.326 e. The summed E-state index contributed by atoms with van der Waals surface area (Å²) >= 11 is 3.37. The van der Waals surface area contributed by atoms with Gasteiger partial charge in [0.05, 0.1) is 4.90 Å². The average molecular weight is 473 g/mol. The van der Waals surface area contributed by atoms with Crippen molar-refractivity contribution in [1.29, 1.82) is 0 Å². The molecule has 1 saturated heterocycles. The minimum Gasteiger partial charge on any atom is -0.326 e. The van der Waals surface area contributed by atoms with E-state index in [1.165, 1.54) is 4.31 Å². The van der Waals surface area contributed by atoms with Gasteiger partial charge < -0.3 is 5.32 Å². The third kappa shape index (κ3) is 4.42. The number of hydrogen-bond acceptors (Lipinski definition) is 3. The Morgan fingerprint density at radius 1 is 1.11 bits per heavy atom. The lowest BCUT2D eigenvalue weighted by Gasteiger charge is -2.30. The number of aryl methyl sites for hydroxylation is 1. The molecule has 0 unspecified atom stereocenters. The van der Waals surface area contributed by atoms with Crippen LogP contribution in [-0.2, 0) is 14.8 Å². The van der Waals surface area contributed by atoms with Crippen LogP contribution < -0.4 is 5.32 Å². The summed E-state index contributed by atoms with van der Waals surface area (Å²) in [5.74, 6) is -2.78. The molecule has 1 N–H and O–H groups in total. The van der Waals surface area contributed by atoms with Crippen molar-refractivity contribution in [3.8, 4) is 0 Å². The molecule has 0 aliphatic carbocycles. The number of hydrogen-bond donors (Lipinski definition) is 1. The van der Waals surface area contributed by atoms with Gasteiger partial charge in [0, 0.05) is 29.2 Å². The van der Waals surface area contributed by atoms with Crippen LogP contribution in [-0.4, -0.2) is 31.7 Å². The molecule has 9 heteroatoms. The fourth-order valence-electron chi connectivity index (χ4n) is 3.15. The van der Waals surface area contributed by atoms with Crippen LogP contribution >= 0.6 is 15.9 Å². The fraction of sp³-hybridized carbons (Fsp3) is 0.316. The average Bonchev–Trinajstić information content (AvgIpc) is 2.66. The third-order valence-corrected chi connectivity index (χ3v) is 7.19. The number of piperidine rings is 1. The van der Waals surface area contributed by atoms with E-state index in [-0.39, 0.29) is 29.8 Å². The maximum Gasteiger partial charge on any atom is 0.243 e. The maximum absolute atomic E-state index is 13.4. The molecule has 3 rings (SSSR count). The van der Waals surface area contributed by atoms with Crippen LogP contribution in [0.3, 0.4) is 0 Å². The Morgan fingerprint density at radius 2 is 1.79 bits per heavy atom. The van der Waals surface area contributed by atoms with E-state index < -0.39 is 21.7 Å². The Kier molecular flexibility index (Phi) is 6.16. The van der Waals surface area contributed by atoms with Crippen molar-refractivity contribution in [2.24, 2.45) is 5.92 Å². The zero-order chi connectivity index (χ0) is 20.5. The highest BCUT2D eigenvalue weighted by Gasteiger charge is 2.32. The number of rotatable bonds is 4. The normalized spacial score (nSPS) is 16.1. The summed E-state index contributed by atoms with van der Waals surface area (Å²) in [6.45, 7) is 2.16. The van der Waals surface area contributed by atoms with Crippen LogP contribution in [0.2, 0.25) is 0 Å². The highest BCUT2D eigenvalue weighted by Crippen LogP contribution is 2.27. The van der Waals surface area contributed by atoms with E-state index in [1.807, 2.05) is 19.1 Å². The Balaban J connectivity index is 1.64. The van der Waals surface area contributed by atoms with Crippen LogP contribution in [0.25, 0.3) is 0 Å². The summed E-state index contributed by atoms with van der Waals surface area (Å²) in [6.07, 6.45) is 0.703. The van der Waals surface area contributed by atoms with Crippen molar-refractivity contribution >= 4 is 37.5 Å². The molecule has 2 aromatic rings. The predicted octanol–water partition coefficient (Wildman–Crippen LogP) is 4.08. The lowest BCUT2D eigenvalue weighted by Crippen LogP contribution is -2.41. The molecule has 1 aliphatic rings. The summed E-state index contributed by atoms with van der Waals surface area (Å²) in [7, 11) is -3.93. The van der Waals surface area contributed by atoms with Gasteiger partial charge in [-0.15, -0.1) is 0 Å². The van der Waals surface area contributed by atoms with E-state index >= 15 is 0 Å². The van der Waals surface area contributed by atoms with Gasteiger partial charge in [-0.05, 0) is 61.7 Å². The number of amides is 1. The van der Waals surface area contributed by atoms with Gasteiger partial charge >= 0.3 is 0 Å². The zero-order valence-corrected chi connectivity index (χ0v) is 17.5. The minimum atomic E-state index is -3.93. The summed E-state index contributed by atoms with van der Waals surface area (Å²) in [6, 6.07) is 8.05. The predicted molar refractivity (Wildman–Crippen MR) is 105 cm³/mol. The molecular formula is C19H19BrF2N2O3S. The number of benzene rings is 2. The van der Waals surface area contributed by atoms with Gasteiger partial charge in [-0.2, -0.15) is 4.31 Å². The van der Waals surface area contributed by atoms with Crippen LogP contribution in [0, 0.1) is 24.5 Å². The Bertz CT molecular complexity index is 1010. The third-order valence-electron chi connectivity index (χ3n) is 4.80. The van der Waals surface area contributed by atoms with E-state index in [1.54, 1.807) is 6.07 Å². The number of carbonyl (C=O) groups is 1. The van der Waals surface area contributed by atoms with Crippen LogP contribution in [0.1, 0.15) is 18.4 Å². The molecule has 2 aromatic carbocycles. The molecule has 0 bridgehead atoms. The molecule has 0 saturated carbocycles. The molecule has 1 fully saturated rings. The lowest BCUT2D eigenvalue weighted by atomic mass is 9.97. The highest BCUT2D eigenvalue weighted by atomic mass is 79.9. The number of halogens is 3. The van der Waals surface area contributed by atoms with Gasteiger partial charge in [-0.1, -0.05) is 15.9 Å². The molecule has 0 aromatic heterocycles. The quantitative estimate of drug-likeness (QED) is 0.728. The molecule has 0 radical (unpaired) electrons. The molecule has 150 valence electrons. The van der Waals surface area contributed by atoms with Gasteiger partial charge in [0.1, 0.15) is 0 Å². The first-order valence-electron chi connectivity index (χ1n) is 8.70. The molecule has 1 heterocycles. The number of sulfonamides is 1. The van der Waals surface area contributed by atoms with Crippen molar-refractivity contribution in [2.75, 3.05) is 18.4 Å². The Morgan fingerprint density at radius 3 is 2.39 bits per heavy atom. The van der Waals surface area contributed by atoms with E-state index in [0.29, 0.717) is 24.6 Å². The monoisotopic (exact) mass is 472 g/mol. The molecule has 5 nitrogen and oxygen atoms in total. The first-order chi connectivity index (χ1) is 13.2. The van der Waals surface area contributed by atoms with Gasteiger partial charge in [0.25, 0.3) is 0 Å². The molecular weight excluding hydrogens is 454 g/mol. The van der Waals surface area contributed by atoms with Crippen LogP contribution in [0.15, 0.2) is 45.8 Å². The summed E-state index contributed by atoms with van der Waals surface area (Å²) in [5.41, 5.74) is 1.63. The summed E-state index contributed by atoms with van der Waals surface area (Å²) < 4.78 is 53.8. The van der Waals surface area contributed by atoms with Crippen molar-refractivity contribution in [3.63, 3.8) is 0 Å². The van der Waals surface area contributed by atoms with Crippen molar-refractivity contribution in [2.45, 2.75) is 24.7 Å². The Hall–Kier alpha value is -1.84. The van der Waals surface area contributed by atoms with Crippen LogP contribution in [0.5, 0.6) is 0 Å². The molecule has 0 atom stereocenters. The van der Waals surface area contributed by atoms with Gasteiger partial charge in [0.2, 0.25) is 15.9 Å². The van der Waals surface area contributed by atoms with Crippen molar-refractivity contribution in [3.05, 3.63) is 58.1 Å². The lowest BCUT2D eigenvalue weighted by molar-refractivity contribution is -0.120. The minimum absolute atomic E-state index is 0.138. The standard InChI is InChI=1S/C19H19BrF2N2O3S/c1-12-10-14(20)2-5-18(12)23-19(25)13-6-8-24(9-7-13)28(26,27)15-3-4-16(21)17(22)11-15/h2-5,10-11,13H,6-9H2,1H3,(H,23,25). The molecule has 1 amide bonds. The van der Waals surface area contributed by atoms with Gasteiger partial charge in [-0.25, -0.2) is 17.2 Å². The first kappa shape index (κ1) is 20.9. The summed E-state index contributed by atoms with van der Waals surface area (Å²) in [4.78, 5) is 12.2. The zero-order valence-electron chi connectivity index (χ0n) is 15.1. The molecule has 1 aliphatic heterocycles. The Labute approximate surface area is 170 Å². The SMILES string of the molecule is Cc1cc(Br)ccc1NC(=O)C1CCN(S(=O)(=O)c2ccc(F)c(F)c2)CC1. The first-order valence-corrected chi connectivity index (χ1v) is 10.9. The second-order valence-electron chi connectivity index (χ2n) is 6.70. The number of nitrogens with one attached hydrogen (secondary N) is 1. The van der Waals surface area contributed by atoms with E-state index in [9.17, 15) is 22.0 Å². The highest BCUT2D eigenvalue weighted by molar-refractivity contribution is 9.10. The second-order valence-corrected chi connectivity index (χ2v) is 9.56. The second kappa shape index (κ2) is 8.26. The number of nitrogens with zero attached hydrogens (tertiary/aromatic N) is 1. The van der Waals surface area contributed by atoms with Crippen LogP contribution in [0.4, 0.5) is 14.5 Å².